The summed E-state index contributed by atoms with van der Waals surface area (Å²) in [6, 6.07) is 0. The lowest BCUT2D eigenvalue weighted by molar-refractivity contribution is 0.0845. The number of hydrogen-bond acceptors (Lipinski definition) is 2. The molecule has 2 aliphatic rings. The van der Waals surface area contributed by atoms with Crippen LogP contribution in [-0.2, 0) is 9.05 Å². The Labute approximate surface area is 86.0 Å². The Hall–Kier alpha value is 0.1000. The Kier molecular flexibility index (Phi) is 2.31. The van der Waals surface area contributed by atoms with E-state index in [4.69, 9.17) is 10.7 Å². The van der Waals surface area contributed by atoms with Gasteiger partial charge in [-0.1, -0.05) is 0 Å². The normalized spacial score (nSPS) is 40.4. The molecule has 0 aromatic heterocycles. The molecular formula is C8H11ClF2O2S. The lowest BCUT2D eigenvalue weighted by Crippen LogP contribution is -2.16. The van der Waals surface area contributed by atoms with Gasteiger partial charge in [-0.3, -0.25) is 0 Å². The van der Waals surface area contributed by atoms with E-state index in [-0.39, 0.29) is 11.7 Å². The van der Waals surface area contributed by atoms with Gasteiger partial charge in [-0.25, -0.2) is 17.2 Å². The molecule has 14 heavy (non-hydrogen) atoms. The van der Waals surface area contributed by atoms with Gasteiger partial charge in [-0.15, -0.1) is 0 Å². The highest BCUT2D eigenvalue weighted by atomic mass is 35.7. The van der Waals surface area contributed by atoms with Crippen LogP contribution >= 0.6 is 10.7 Å². The second-order valence-electron chi connectivity index (χ2n) is 4.27. The number of halogens is 3. The predicted molar refractivity (Wildman–Crippen MR) is 48.9 cm³/mol. The van der Waals surface area contributed by atoms with E-state index in [1.165, 1.54) is 0 Å². The van der Waals surface area contributed by atoms with Crippen molar-refractivity contribution in [2.75, 3.05) is 5.75 Å². The molecule has 3 unspecified atom stereocenters. The molecule has 0 heterocycles. The van der Waals surface area contributed by atoms with Crippen molar-refractivity contribution in [3.63, 3.8) is 0 Å². The number of fused-ring (bicyclic) bond motifs is 1. The van der Waals surface area contributed by atoms with E-state index in [1.54, 1.807) is 0 Å². The summed E-state index contributed by atoms with van der Waals surface area (Å²) < 4.78 is 47.4. The smallest absolute Gasteiger partial charge is 0.212 e. The summed E-state index contributed by atoms with van der Waals surface area (Å²) in [4.78, 5) is 0. The van der Waals surface area contributed by atoms with Crippen molar-refractivity contribution in [3.8, 4) is 0 Å². The van der Waals surface area contributed by atoms with Crippen molar-refractivity contribution in [1.82, 2.24) is 0 Å². The minimum Gasteiger partial charge on any atom is -0.212 e. The number of hydrogen-bond donors (Lipinski definition) is 0. The lowest BCUT2D eigenvalue weighted by Gasteiger charge is -2.17. The molecular weight excluding hydrogens is 234 g/mol. The van der Waals surface area contributed by atoms with Gasteiger partial charge in [0, 0.05) is 22.5 Å². The summed E-state index contributed by atoms with van der Waals surface area (Å²) in [6.07, 6.45) is 1.31. The summed E-state index contributed by atoms with van der Waals surface area (Å²) in [7, 11) is 1.55. The monoisotopic (exact) mass is 244 g/mol. The highest BCUT2D eigenvalue weighted by molar-refractivity contribution is 8.13. The van der Waals surface area contributed by atoms with Crippen LogP contribution in [0, 0.1) is 17.8 Å². The van der Waals surface area contributed by atoms with Crippen molar-refractivity contribution >= 4 is 19.7 Å². The summed E-state index contributed by atoms with van der Waals surface area (Å²) in [5, 5.41) is 0. The van der Waals surface area contributed by atoms with E-state index in [9.17, 15) is 17.2 Å². The second-order valence-corrected chi connectivity index (χ2v) is 7.09. The van der Waals surface area contributed by atoms with E-state index in [2.05, 4.69) is 0 Å². The molecule has 0 aromatic rings. The molecule has 2 saturated carbocycles. The Bertz CT molecular complexity index is 341. The van der Waals surface area contributed by atoms with Gasteiger partial charge < -0.3 is 0 Å². The lowest BCUT2D eigenvalue weighted by atomic mass is 9.91. The minimum absolute atomic E-state index is 0.159. The molecule has 6 heteroatoms. The first-order chi connectivity index (χ1) is 6.31. The SMILES string of the molecule is O=S(=O)(Cl)CC1CCC2C(C1)C2(F)F. The second kappa shape index (κ2) is 3.04. The van der Waals surface area contributed by atoms with Crippen LogP contribution in [0.15, 0.2) is 0 Å². The Balaban J connectivity index is 1.95. The summed E-state index contributed by atoms with van der Waals surface area (Å²) in [6.45, 7) is 0. The molecule has 0 N–H and O–H groups in total. The van der Waals surface area contributed by atoms with E-state index in [1.807, 2.05) is 0 Å². The maximum Gasteiger partial charge on any atom is 0.254 e. The summed E-state index contributed by atoms with van der Waals surface area (Å²) >= 11 is 0. The Morgan fingerprint density at radius 2 is 1.93 bits per heavy atom. The molecule has 2 aliphatic carbocycles. The molecule has 0 saturated heterocycles. The summed E-state index contributed by atoms with van der Waals surface area (Å²) in [5.41, 5.74) is 0. The van der Waals surface area contributed by atoms with Gasteiger partial charge in [0.15, 0.2) is 0 Å². The molecule has 0 radical (unpaired) electrons. The van der Waals surface area contributed by atoms with Crippen LogP contribution in [0.3, 0.4) is 0 Å². The molecule has 0 aromatic carbocycles. The first-order valence-electron chi connectivity index (χ1n) is 4.61. The van der Waals surface area contributed by atoms with Crippen LogP contribution in [0.1, 0.15) is 19.3 Å². The molecule has 2 rings (SSSR count). The van der Waals surface area contributed by atoms with Crippen molar-refractivity contribution < 1.29 is 17.2 Å². The fourth-order valence-electron chi connectivity index (χ4n) is 2.50. The van der Waals surface area contributed by atoms with E-state index in [0.29, 0.717) is 19.3 Å². The first-order valence-corrected chi connectivity index (χ1v) is 7.08. The molecule has 0 bridgehead atoms. The van der Waals surface area contributed by atoms with Gasteiger partial charge in [0.2, 0.25) is 9.05 Å². The van der Waals surface area contributed by atoms with Gasteiger partial charge in [-0.2, -0.15) is 0 Å². The van der Waals surface area contributed by atoms with Crippen molar-refractivity contribution in [2.45, 2.75) is 25.2 Å². The van der Waals surface area contributed by atoms with Crippen LogP contribution < -0.4 is 0 Å². The third kappa shape index (κ3) is 1.89. The molecule has 2 fully saturated rings. The predicted octanol–water partition coefficient (Wildman–Crippen LogP) is 2.24. The summed E-state index contributed by atoms with van der Waals surface area (Å²) in [5.74, 6) is -3.94. The average Bonchev–Trinajstić information content (AvgIpc) is 2.51. The topological polar surface area (TPSA) is 34.1 Å². The zero-order valence-electron chi connectivity index (χ0n) is 7.42. The van der Waals surface area contributed by atoms with Gasteiger partial charge in [0.05, 0.1) is 5.75 Å². The molecule has 0 aliphatic heterocycles. The first kappa shape index (κ1) is 10.6. The fraction of sp³-hybridized carbons (Fsp3) is 1.00. The molecule has 2 nitrogen and oxygen atoms in total. The fourth-order valence-corrected chi connectivity index (χ4v) is 3.90. The van der Waals surface area contributed by atoms with Crippen LogP contribution in [0.4, 0.5) is 8.78 Å². The van der Waals surface area contributed by atoms with E-state index >= 15 is 0 Å². The number of alkyl halides is 2. The largest absolute Gasteiger partial charge is 0.254 e. The quantitative estimate of drug-likeness (QED) is 0.698. The zero-order chi connectivity index (χ0) is 10.6. The Morgan fingerprint density at radius 3 is 2.43 bits per heavy atom. The van der Waals surface area contributed by atoms with Gasteiger partial charge in [0.1, 0.15) is 0 Å². The highest BCUT2D eigenvalue weighted by Crippen LogP contribution is 2.63. The van der Waals surface area contributed by atoms with Crippen molar-refractivity contribution in [2.24, 2.45) is 17.8 Å². The van der Waals surface area contributed by atoms with Crippen LogP contribution in [0.2, 0.25) is 0 Å². The third-order valence-corrected chi connectivity index (χ3v) is 4.52. The maximum absolute atomic E-state index is 12.9. The average molecular weight is 245 g/mol. The maximum atomic E-state index is 12.9. The van der Waals surface area contributed by atoms with E-state index in [0.717, 1.165) is 0 Å². The molecule has 0 spiro atoms. The van der Waals surface area contributed by atoms with Crippen molar-refractivity contribution in [1.29, 1.82) is 0 Å². The van der Waals surface area contributed by atoms with E-state index < -0.39 is 26.8 Å². The standard InChI is InChI=1S/C8H11ClF2O2S/c9-14(12,13)4-5-1-2-6-7(3-5)8(6,10)11/h5-7H,1-4H2. The van der Waals surface area contributed by atoms with Crippen LogP contribution in [0.25, 0.3) is 0 Å². The van der Waals surface area contributed by atoms with Crippen molar-refractivity contribution in [3.05, 3.63) is 0 Å². The molecule has 0 amide bonds. The highest BCUT2D eigenvalue weighted by Gasteiger charge is 2.68. The molecule has 82 valence electrons. The molecule has 3 atom stereocenters. The Morgan fingerprint density at radius 1 is 1.29 bits per heavy atom. The third-order valence-electron chi connectivity index (χ3n) is 3.27. The van der Waals surface area contributed by atoms with Gasteiger partial charge >= 0.3 is 0 Å². The number of rotatable bonds is 2. The van der Waals surface area contributed by atoms with Crippen LogP contribution in [0.5, 0.6) is 0 Å². The van der Waals surface area contributed by atoms with Gasteiger partial charge in [-0.05, 0) is 25.2 Å². The van der Waals surface area contributed by atoms with Gasteiger partial charge in [0.25, 0.3) is 5.92 Å². The van der Waals surface area contributed by atoms with Crippen LogP contribution in [-0.4, -0.2) is 20.1 Å². The zero-order valence-corrected chi connectivity index (χ0v) is 8.99. The minimum atomic E-state index is -3.54.